The molecule has 4 heteroatoms. The zero-order chi connectivity index (χ0) is 24.1. The van der Waals surface area contributed by atoms with Crippen LogP contribution in [0.5, 0.6) is 0 Å². The monoisotopic (exact) mass is 450 g/mol. The van der Waals surface area contributed by atoms with Crippen LogP contribution in [0.15, 0.2) is 103 Å². The van der Waals surface area contributed by atoms with E-state index in [9.17, 15) is 9.59 Å². The van der Waals surface area contributed by atoms with Crippen LogP contribution >= 0.6 is 0 Å². The van der Waals surface area contributed by atoms with Crippen LogP contribution in [0.3, 0.4) is 0 Å². The van der Waals surface area contributed by atoms with Gasteiger partial charge in [0.05, 0.1) is 0 Å². The number of benzene rings is 4. The van der Waals surface area contributed by atoms with Crippen molar-refractivity contribution < 1.29 is 9.59 Å². The van der Waals surface area contributed by atoms with E-state index in [4.69, 9.17) is 0 Å². The second kappa shape index (κ2) is 10.3. The molecule has 4 aromatic carbocycles. The number of hydrogen-bond acceptors (Lipinski definition) is 2. The summed E-state index contributed by atoms with van der Waals surface area (Å²) in [6.45, 7) is 1.94. The number of fused-ring (bicyclic) bond motifs is 1. The number of amides is 2. The Hall–Kier alpha value is -3.92. The fourth-order valence-electron chi connectivity index (χ4n) is 4.43. The number of nitrogens with zero attached hydrogens (tertiary/aromatic N) is 2. The zero-order valence-electron chi connectivity index (χ0n) is 19.9. The first-order chi connectivity index (χ1) is 16.5. The second-order valence-electron chi connectivity index (χ2n) is 8.80. The standard InChI is InChI=1S/C30H30N2O2/c1-22(30(34)32(24-15-6-4-7-16-24)25-17-8-5-9-18-25)28(21-29(33)31(2)3)27-20-12-14-23-13-10-11-19-26(23)27/h4-20,22,28H,21H2,1-3H3/t22-,28-/m0/s1. The summed E-state index contributed by atoms with van der Waals surface area (Å²) in [6.07, 6.45) is 0.255. The van der Waals surface area contributed by atoms with Gasteiger partial charge in [-0.1, -0.05) is 85.8 Å². The van der Waals surface area contributed by atoms with Crippen LogP contribution in [0, 0.1) is 5.92 Å². The molecule has 0 aromatic heterocycles. The van der Waals surface area contributed by atoms with Gasteiger partial charge in [0.2, 0.25) is 11.8 Å². The van der Waals surface area contributed by atoms with Gasteiger partial charge in [0.1, 0.15) is 0 Å². The van der Waals surface area contributed by atoms with Crippen molar-refractivity contribution in [3.8, 4) is 0 Å². The molecule has 0 saturated heterocycles. The van der Waals surface area contributed by atoms with Crippen molar-refractivity contribution >= 4 is 34.0 Å². The molecule has 4 nitrogen and oxygen atoms in total. The van der Waals surface area contributed by atoms with Crippen LogP contribution in [0.1, 0.15) is 24.8 Å². The molecule has 4 aromatic rings. The summed E-state index contributed by atoms with van der Waals surface area (Å²) in [4.78, 5) is 30.4. The second-order valence-corrected chi connectivity index (χ2v) is 8.80. The summed E-state index contributed by atoms with van der Waals surface area (Å²) in [7, 11) is 3.52. The van der Waals surface area contributed by atoms with E-state index in [0.29, 0.717) is 0 Å². The van der Waals surface area contributed by atoms with Crippen LogP contribution in [0.4, 0.5) is 11.4 Å². The number of rotatable bonds is 7. The Kier molecular flexibility index (Phi) is 7.07. The third-order valence-electron chi connectivity index (χ3n) is 6.36. The van der Waals surface area contributed by atoms with E-state index in [2.05, 4.69) is 24.3 Å². The van der Waals surface area contributed by atoms with Crippen LogP contribution in [0.25, 0.3) is 10.8 Å². The predicted octanol–water partition coefficient (Wildman–Crippen LogP) is 6.40. The van der Waals surface area contributed by atoms with Crippen LogP contribution in [-0.2, 0) is 9.59 Å². The maximum atomic E-state index is 14.1. The van der Waals surface area contributed by atoms with Crippen molar-refractivity contribution in [2.75, 3.05) is 19.0 Å². The molecule has 0 heterocycles. The predicted molar refractivity (Wildman–Crippen MR) is 139 cm³/mol. The Balaban J connectivity index is 1.80. The SMILES string of the molecule is C[C@H](C(=O)N(c1ccccc1)c1ccccc1)[C@H](CC(=O)N(C)C)c1cccc2ccccc12. The topological polar surface area (TPSA) is 40.6 Å². The van der Waals surface area contributed by atoms with Crippen molar-refractivity contribution in [1.82, 2.24) is 4.90 Å². The van der Waals surface area contributed by atoms with Gasteiger partial charge in [0.15, 0.2) is 0 Å². The molecule has 0 saturated carbocycles. The fourth-order valence-corrected chi connectivity index (χ4v) is 4.43. The van der Waals surface area contributed by atoms with Crippen molar-refractivity contribution in [3.63, 3.8) is 0 Å². The van der Waals surface area contributed by atoms with Crippen molar-refractivity contribution in [1.29, 1.82) is 0 Å². The van der Waals surface area contributed by atoms with Crippen LogP contribution in [-0.4, -0.2) is 30.8 Å². The molecule has 0 bridgehead atoms. The van der Waals surface area contributed by atoms with Gasteiger partial charge >= 0.3 is 0 Å². The summed E-state index contributed by atoms with van der Waals surface area (Å²) < 4.78 is 0. The number of hydrogen-bond donors (Lipinski definition) is 0. The maximum absolute atomic E-state index is 14.1. The lowest BCUT2D eigenvalue weighted by Gasteiger charge is -2.31. The van der Waals surface area contributed by atoms with Gasteiger partial charge in [0, 0.05) is 43.7 Å². The van der Waals surface area contributed by atoms with Crippen molar-refractivity contribution in [2.45, 2.75) is 19.3 Å². The zero-order valence-corrected chi connectivity index (χ0v) is 19.9. The fraction of sp³-hybridized carbons (Fsp3) is 0.200. The molecule has 0 aliphatic rings. The van der Waals surface area contributed by atoms with E-state index in [-0.39, 0.29) is 24.2 Å². The Morgan fingerprint density at radius 1 is 0.706 bits per heavy atom. The van der Waals surface area contributed by atoms with Gasteiger partial charge in [-0.25, -0.2) is 0 Å². The van der Waals surface area contributed by atoms with E-state index in [1.807, 2.05) is 85.8 Å². The van der Waals surface area contributed by atoms with Gasteiger partial charge in [0.25, 0.3) is 0 Å². The summed E-state index contributed by atoms with van der Waals surface area (Å²) >= 11 is 0. The summed E-state index contributed by atoms with van der Waals surface area (Å²) in [5.41, 5.74) is 2.64. The molecule has 0 aliphatic heterocycles. The third kappa shape index (κ3) is 4.86. The van der Waals surface area contributed by atoms with Crippen molar-refractivity contribution in [3.05, 3.63) is 109 Å². The molecule has 0 aliphatic carbocycles. The average Bonchev–Trinajstić information content (AvgIpc) is 2.88. The number of carbonyl (C=O) groups excluding carboxylic acids is 2. The van der Waals surface area contributed by atoms with E-state index in [1.54, 1.807) is 23.9 Å². The van der Waals surface area contributed by atoms with Crippen LogP contribution in [0.2, 0.25) is 0 Å². The highest BCUT2D eigenvalue weighted by molar-refractivity contribution is 6.02. The molecule has 0 unspecified atom stereocenters. The molecule has 34 heavy (non-hydrogen) atoms. The summed E-state index contributed by atoms with van der Waals surface area (Å²) in [5, 5.41) is 2.18. The van der Waals surface area contributed by atoms with E-state index < -0.39 is 5.92 Å². The molecule has 2 amide bonds. The normalized spacial score (nSPS) is 12.7. The van der Waals surface area contributed by atoms with Gasteiger partial charge in [-0.3, -0.25) is 14.5 Å². The van der Waals surface area contributed by atoms with Gasteiger partial charge in [-0.05, 0) is 40.6 Å². The van der Waals surface area contributed by atoms with Gasteiger partial charge < -0.3 is 4.90 Å². The molecule has 172 valence electrons. The van der Waals surface area contributed by atoms with E-state index >= 15 is 0 Å². The Morgan fingerprint density at radius 2 is 1.24 bits per heavy atom. The largest absolute Gasteiger partial charge is 0.349 e. The van der Waals surface area contributed by atoms with Gasteiger partial charge in [-0.15, -0.1) is 0 Å². The smallest absolute Gasteiger partial charge is 0.235 e. The number of anilines is 2. The van der Waals surface area contributed by atoms with Gasteiger partial charge in [-0.2, -0.15) is 0 Å². The molecule has 4 rings (SSSR count). The Morgan fingerprint density at radius 3 is 1.82 bits per heavy atom. The molecule has 0 radical (unpaired) electrons. The first-order valence-corrected chi connectivity index (χ1v) is 11.6. The molecule has 0 spiro atoms. The van der Waals surface area contributed by atoms with Crippen molar-refractivity contribution in [2.24, 2.45) is 5.92 Å². The highest BCUT2D eigenvalue weighted by Gasteiger charge is 2.33. The van der Waals surface area contributed by atoms with E-state index in [1.165, 1.54) is 0 Å². The molecular formula is C30H30N2O2. The minimum absolute atomic E-state index is 0.00329. The lowest BCUT2D eigenvalue weighted by Crippen LogP contribution is -2.36. The highest BCUT2D eigenvalue weighted by Crippen LogP contribution is 2.37. The molecule has 0 N–H and O–H groups in total. The molecular weight excluding hydrogens is 420 g/mol. The maximum Gasteiger partial charge on any atom is 0.235 e. The summed E-state index contributed by atoms with van der Waals surface area (Å²) in [5.74, 6) is -0.746. The quantitative estimate of drug-likeness (QED) is 0.327. The summed E-state index contributed by atoms with van der Waals surface area (Å²) in [6, 6.07) is 33.6. The molecule has 2 atom stereocenters. The first-order valence-electron chi connectivity index (χ1n) is 11.6. The average molecular weight is 451 g/mol. The third-order valence-corrected chi connectivity index (χ3v) is 6.36. The lowest BCUT2D eigenvalue weighted by molar-refractivity contribution is -0.129. The molecule has 0 fully saturated rings. The Bertz CT molecular complexity index is 1220. The van der Waals surface area contributed by atoms with Crippen LogP contribution < -0.4 is 4.90 Å². The lowest BCUT2D eigenvalue weighted by atomic mass is 9.81. The highest BCUT2D eigenvalue weighted by atomic mass is 16.2. The number of carbonyl (C=O) groups is 2. The minimum atomic E-state index is -0.435. The Labute approximate surface area is 201 Å². The number of para-hydroxylation sites is 2. The van der Waals surface area contributed by atoms with E-state index in [0.717, 1.165) is 27.7 Å². The first kappa shape index (κ1) is 23.2. The minimum Gasteiger partial charge on any atom is -0.349 e.